The van der Waals surface area contributed by atoms with Crippen molar-refractivity contribution in [2.24, 2.45) is 0 Å². The molecule has 5 aromatic rings. The molecule has 0 radical (unpaired) electrons. The van der Waals surface area contributed by atoms with Crippen LogP contribution in [0.2, 0.25) is 0 Å². The molecule has 0 saturated heterocycles. The first-order valence-electron chi connectivity index (χ1n) is 11.2. The van der Waals surface area contributed by atoms with Gasteiger partial charge in [-0.25, -0.2) is 19.6 Å². The quantitative estimate of drug-likeness (QED) is 0.411. The van der Waals surface area contributed by atoms with Crippen LogP contribution in [0.15, 0.2) is 73.3 Å². The van der Waals surface area contributed by atoms with E-state index in [4.69, 9.17) is 4.98 Å². The van der Waals surface area contributed by atoms with Gasteiger partial charge in [0.25, 0.3) is 5.91 Å². The van der Waals surface area contributed by atoms with E-state index >= 15 is 0 Å². The molecule has 0 fully saturated rings. The van der Waals surface area contributed by atoms with E-state index in [2.05, 4.69) is 20.4 Å². The summed E-state index contributed by atoms with van der Waals surface area (Å²) >= 11 is 0. The van der Waals surface area contributed by atoms with Gasteiger partial charge >= 0.3 is 0 Å². The zero-order valence-corrected chi connectivity index (χ0v) is 19.3. The Morgan fingerprint density at radius 3 is 2.62 bits per heavy atom. The number of aromatic nitrogens is 6. The molecular formula is C26H25N7O. The average molecular weight is 452 g/mol. The van der Waals surface area contributed by atoms with Gasteiger partial charge in [0.05, 0.1) is 22.8 Å². The van der Waals surface area contributed by atoms with Crippen LogP contribution in [-0.4, -0.2) is 35.2 Å². The van der Waals surface area contributed by atoms with Gasteiger partial charge in [0.2, 0.25) is 0 Å². The number of nitrogens with one attached hydrogen (secondary N) is 1. The number of carbonyl (C=O) groups is 1. The highest BCUT2D eigenvalue weighted by Gasteiger charge is 2.18. The molecule has 0 unspecified atom stereocenters. The summed E-state index contributed by atoms with van der Waals surface area (Å²) in [4.78, 5) is 26.9. The Balaban J connectivity index is 1.47. The molecule has 1 N–H and O–H groups in total. The molecule has 8 nitrogen and oxygen atoms in total. The first kappa shape index (κ1) is 21.5. The van der Waals surface area contributed by atoms with Gasteiger partial charge in [0.1, 0.15) is 11.6 Å². The van der Waals surface area contributed by atoms with Crippen molar-refractivity contribution in [1.29, 1.82) is 0 Å². The zero-order chi connectivity index (χ0) is 23.7. The molecule has 0 aliphatic heterocycles. The Hall–Kier alpha value is -4.33. The van der Waals surface area contributed by atoms with Crippen molar-refractivity contribution in [3.8, 4) is 17.1 Å². The Morgan fingerprint density at radius 1 is 1.06 bits per heavy atom. The van der Waals surface area contributed by atoms with E-state index in [0.29, 0.717) is 17.8 Å². The third-order valence-electron chi connectivity index (χ3n) is 5.71. The summed E-state index contributed by atoms with van der Waals surface area (Å²) in [7, 11) is 0. The average Bonchev–Trinajstić information content (AvgIpc) is 3.49. The number of carbonyl (C=O) groups excluding carboxylic acids is 1. The van der Waals surface area contributed by atoms with Gasteiger partial charge < -0.3 is 5.32 Å². The monoisotopic (exact) mass is 451 g/mol. The van der Waals surface area contributed by atoms with Crippen LogP contribution in [0.4, 0.5) is 0 Å². The van der Waals surface area contributed by atoms with Gasteiger partial charge in [-0.1, -0.05) is 30.3 Å². The van der Waals surface area contributed by atoms with Crippen molar-refractivity contribution >= 4 is 16.9 Å². The SMILES string of the molecule is Cc1nccn1-c1cc(CNC(=O)c2cc(-c3ccccc3)nc3c2cnn3C(C)C)ccn1. The molecule has 0 aliphatic carbocycles. The van der Waals surface area contributed by atoms with Crippen LogP contribution in [0.1, 0.15) is 41.6 Å². The molecule has 0 saturated carbocycles. The number of hydrogen-bond donors (Lipinski definition) is 1. The summed E-state index contributed by atoms with van der Waals surface area (Å²) in [5.41, 5.74) is 3.88. The highest BCUT2D eigenvalue weighted by atomic mass is 16.1. The van der Waals surface area contributed by atoms with Crippen LogP contribution in [0.5, 0.6) is 0 Å². The molecule has 34 heavy (non-hydrogen) atoms. The fourth-order valence-corrected chi connectivity index (χ4v) is 3.94. The van der Waals surface area contributed by atoms with Crippen LogP contribution >= 0.6 is 0 Å². The smallest absolute Gasteiger partial charge is 0.252 e. The van der Waals surface area contributed by atoms with Gasteiger partial charge in [-0.05, 0) is 44.5 Å². The normalized spacial score (nSPS) is 11.3. The number of benzene rings is 1. The number of nitrogens with zero attached hydrogens (tertiary/aromatic N) is 6. The second kappa shape index (κ2) is 8.90. The Bertz CT molecular complexity index is 1470. The van der Waals surface area contributed by atoms with Gasteiger partial charge in [0, 0.05) is 36.7 Å². The molecular weight excluding hydrogens is 426 g/mol. The first-order chi connectivity index (χ1) is 16.5. The maximum absolute atomic E-state index is 13.4. The summed E-state index contributed by atoms with van der Waals surface area (Å²) in [6.45, 7) is 6.38. The van der Waals surface area contributed by atoms with Gasteiger partial charge in [0.15, 0.2) is 5.65 Å². The van der Waals surface area contributed by atoms with E-state index in [1.807, 2.05) is 84.7 Å². The molecule has 5 rings (SSSR count). The van der Waals surface area contributed by atoms with E-state index in [1.54, 1.807) is 18.6 Å². The maximum Gasteiger partial charge on any atom is 0.252 e. The van der Waals surface area contributed by atoms with Gasteiger partial charge in [-0.3, -0.25) is 9.36 Å². The number of rotatable bonds is 6. The minimum absolute atomic E-state index is 0.119. The summed E-state index contributed by atoms with van der Waals surface area (Å²) in [5, 5.41) is 8.28. The maximum atomic E-state index is 13.4. The van der Waals surface area contributed by atoms with Crippen molar-refractivity contribution in [3.05, 3.63) is 90.3 Å². The van der Waals surface area contributed by atoms with Crippen molar-refractivity contribution in [1.82, 2.24) is 34.6 Å². The van der Waals surface area contributed by atoms with Crippen LogP contribution in [0.25, 0.3) is 28.1 Å². The predicted molar refractivity (Wildman–Crippen MR) is 131 cm³/mol. The number of imidazole rings is 1. The largest absolute Gasteiger partial charge is 0.348 e. The van der Waals surface area contributed by atoms with Crippen molar-refractivity contribution < 1.29 is 4.79 Å². The minimum atomic E-state index is -0.176. The van der Waals surface area contributed by atoms with E-state index < -0.39 is 0 Å². The molecule has 0 spiro atoms. The second-order valence-electron chi connectivity index (χ2n) is 8.39. The third kappa shape index (κ3) is 4.05. The first-order valence-corrected chi connectivity index (χ1v) is 11.2. The topological polar surface area (TPSA) is 90.5 Å². The number of fused-ring (bicyclic) bond motifs is 1. The molecule has 1 amide bonds. The van der Waals surface area contributed by atoms with E-state index in [0.717, 1.165) is 33.8 Å². The molecule has 8 heteroatoms. The van der Waals surface area contributed by atoms with Crippen molar-refractivity contribution in [2.75, 3.05) is 0 Å². The highest BCUT2D eigenvalue weighted by Crippen LogP contribution is 2.26. The third-order valence-corrected chi connectivity index (χ3v) is 5.71. The lowest BCUT2D eigenvalue weighted by molar-refractivity contribution is 0.0952. The van der Waals surface area contributed by atoms with Crippen molar-refractivity contribution in [2.45, 2.75) is 33.4 Å². The van der Waals surface area contributed by atoms with E-state index in [-0.39, 0.29) is 11.9 Å². The second-order valence-corrected chi connectivity index (χ2v) is 8.39. The Morgan fingerprint density at radius 2 is 1.88 bits per heavy atom. The number of hydrogen-bond acceptors (Lipinski definition) is 5. The Kier molecular flexibility index (Phi) is 5.63. The van der Waals surface area contributed by atoms with Crippen LogP contribution in [-0.2, 0) is 6.54 Å². The number of aryl methyl sites for hydroxylation is 1. The van der Waals surface area contributed by atoms with Gasteiger partial charge in [-0.2, -0.15) is 5.10 Å². The predicted octanol–water partition coefficient (Wildman–Crippen LogP) is 4.50. The molecule has 1 aromatic carbocycles. The summed E-state index contributed by atoms with van der Waals surface area (Å²) in [6, 6.07) is 15.7. The molecule has 170 valence electrons. The molecule has 0 aliphatic rings. The fraction of sp³-hybridized carbons (Fsp3) is 0.192. The fourth-order valence-electron chi connectivity index (χ4n) is 3.94. The summed E-state index contributed by atoms with van der Waals surface area (Å²) in [5.74, 6) is 1.44. The molecule has 0 bridgehead atoms. The molecule has 4 heterocycles. The van der Waals surface area contributed by atoms with Crippen LogP contribution in [0.3, 0.4) is 0 Å². The van der Waals surface area contributed by atoms with Crippen LogP contribution in [0, 0.1) is 6.92 Å². The molecule has 0 atom stereocenters. The number of pyridine rings is 2. The standard InChI is InChI=1S/C26H25N7O/c1-17(2)33-25-22(16-30-33)21(14-23(31-25)20-7-5-4-6-8-20)26(34)29-15-19-9-10-28-24(13-19)32-12-11-27-18(32)3/h4-14,16-17H,15H2,1-3H3,(H,29,34). The Labute approximate surface area is 197 Å². The lowest BCUT2D eigenvalue weighted by atomic mass is 10.1. The summed E-state index contributed by atoms with van der Waals surface area (Å²) < 4.78 is 3.76. The lowest BCUT2D eigenvalue weighted by Gasteiger charge is -2.12. The minimum Gasteiger partial charge on any atom is -0.348 e. The number of amides is 1. The highest BCUT2D eigenvalue weighted by molar-refractivity contribution is 6.06. The lowest BCUT2D eigenvalue weighted by Crippen LogP contribution is -2.23. The molecule has 4 aromatic heterocycles. The zero-order valence-electron chi connectivity index (χ0n) is 19.3. The van der Waals surface area contributed by atoms with E-state index in [1.165, 1.54) is 0 Å². The summed E-state index contributed by atoms with van der Waals surface area (Å²) in [6.07, 6.45) is 7.06. The van der Waals surface area contributed by atoms with E-state index in [9.17, 15) is 4.79 Å². The van der Waals surface area contributed by atoms with Crippen molar-refractivity contribution in [3.63, 3.8) is 0 Å². The van der Waals surface area contributed by atoms with Crippen LogP contribution < -0.4 is 5.32 Å². The van der Waals surface area contributed by atoms with Gasteiger partial charge in [-0.15, -0.1) is 0 Å².